The fourth-order valence-electron chi connectivity index (χ4n) is 2.83. The van der Waals surface area contributed by atoms with Crippen LogP contribution in [0.5, 0.6) is 5.75 Å². The Labute approximate surface area is 162 Å². The van der Waals surface area contributed by atoms with E-state index in [1.165, 1.54) is 34.0 Å². The van der Waals surface area contributed by atoms with Gasteiger partial charge in [-0.05, 0) is 12.1 Å². The molecule has 0 spiro atoms. The van der Waals surface area contributed by atoms with Gasteiger partial charge in [-0.2, -0.15) is 19.3 Å². The maximum Gasteiger partial charge on any atom is 0.573 e. The van der Waals surface area contributed by atoms with E-state index in [-0.39, 0.29) is 19.1 Å². The van der Waals surface area contributed by atoms with Crippen LogP contribution in [0, 0.1) is 0 Å². The summed E-state index contributed by atoms with van der Waals surface area (Å²) in [5.74, 6) is -0.766. The molecule has 3 aromatic rings. The number of rotatable bonds is 6. The van der Waals surface area contributed by atoms with Crippen molar-refractivity contribution in [2.75, 3.05) is 13.1 Å². The summed E-state index contributed by atoms with van der Waals surface area (Å²) in [6.07, 6.45) is -0.290. The summed E-state index contributed by atoms with van der Waals surface area (Å²) < 4.78 is 69.6. The quantitative estimate of drug-likeness (QED) is 0.577. The van der Waals surface area contributed by atoms with E-state index in [9.17, 15) is 21.6 Å². The predicted octanol–water partition coefficient (Wildman–Crippen LogP) is 1.06. The number of hydrogen-bond donors (Lipinski definition) is 0. The van der Waals surface area contributed by atoms with Gasteiger partial charge >= 0.3 is 6.36 Å². The van der Waals surface area contributed by atoms with Crippen molar-refractivity contribution in [2.24, 2.45) is 0 Å². The first-order valence-electron chi connectivity index (χ1n) is 8.32. The zero-order valence-electron chi connectivity index (χ0n) is 14.6. The van der Waals surface area contributed by atoms with Crippen molar-refractivity contribution in [3.63, 3.8) is 0 Å². The van der Waals surface area contributed by atoms with Crippen LogP contribution < -0.4 is 4.74 Å². The molecule has 0 bridgehead atoms. The van der Waals surface area contributed by atoms with Gasteiger partial charge in [-0.25, -0.2) is 13.1 Å². The Morgan fingerprint density at radius 2 is 1.83 bits per heavy atom. The molecule has 0 unspecified atom stereocenters. The Morgan fingerprint density at radius 1 is 1.14 bits per heavy atom. The standard InChI is InChI=1S/C15H14F3N7O3S/c16-15(17,18)28-13-3-1-2-4-14(13)29(26,27)23-9-12(10-23)24-7-11(21-22-24)8-25-19-5-6-20-25/h1-7,12H,8-10H2. The molecule has 0 atom stereocenters. The number of ether oxygens (including phenoxy) is 1. The molecular formula is C15H14F3N7O3S. The van der Waals surface area contributed by atoms with Gasteiger partial charge in [-0.1, -0.05) is 17.3 Å². The molecule has 0 N–H and O–H groups in total. The number of hydrogen-bond acceptors (Lipinski definition) is 7. The van der Waals surface area contributed by atoms with Crippen molar-refractivity contribution in [1.29, 1.82) is 0 Å². The zero-order valence-corrected chi connectivity index (χ0v) is 15.5. The third-order valence-electron chi connectivity index (χ3n) is 4.22. The van der Waals surface area contributed by atoms with Gasteiger partial charge in [0, 0.05) is 13.1 Å². The van der Waals surface area contributed by atoms with E-state index in [2.05, 4.69) is 25.2 Å². The number of para-hydroxylation sites is 1. The molecule has 1 aliphatic heterocycles. The number of halogens is 3. The van der Waals surface area contributed by atoms with E-state index in [1.54, 1.807) is 6.20 Å². The van der Waals surface area contributed by atoms with E-state index in [4.69, 9.17) is 0 Å². The number of benzene rings is 1. The summed E-state index contributed by atoms with van der Waals surface area (Å²) in [6.45, 7) is 0.404. The minimum atomic E-state index is -5.00. The van der Waals surface area contributed by atoms with Crippen LogP contribution >= 0.6 is 0 Å². The number of nitrogens with zero attached hydrogens (tertiary/aromatic N) is 7. The Bertz CT molecular complexity index is 1090. The van der Waals surface area contributed by atoms with E-state index in [1.807, 2.05) is 0 Å². The number of sulfonamides is 1. The summed E-state index contributed by atoms with van der Waals surface area (Å²) in [6, 6.07) is 4.36. The highest BCUT2D eigenvalue weighted by molar-refractivity contribution is 7.89. The summed E-state index contributed by atoms with van der Waals surface area (Å²) >= 11 is 0. The fraction of sp³-hybridized carbons (Fsp3) is 0.333. The van der Waals surface area contributed by atoms with E-state index < -0.39 is 27.0 Å². The average molecular weight is 429 g/mol. The highest BCUT2D eigenvalue weighted by atomic mass is 32.2. The highest BCUT2D eigenvalue weighted by Crippen LogP contribution is 2.34. The van der Waals surface area contributed by atoms with Crippen molar-refractivity contribution < 1.29 is 26.3 Å². The van der Waals surface area contributed by atoms with Crippen LogP contribution in [-0.4, -0.2) is 62.2 Å². The van der Waals surface area contributed by atoms with Crippen LogP contribution in [0.15, 0.2) is 47.8 Å². The van der Waals surface area contributed by atoms with Gasteiger partial charge in [-0.3, -0.25) is 0 Å². The molecule has 0 aliphatic carbocycles. The molecule has 10 nitrogen and oxygen atoms in total. The first-order chi connectivity index (χ1) is 13.7. The molecule has 0 saturated carbocycles. The molecule has 4 rings (SSSR count). The van der Waals surface area contributed by atoms with Crippen molar-refractivity contribution in [1.82, 2.24) is 34.3 Å². The normalized spacial score (nSPS) is 16.0. The molecular weight excluding hydrogens is 415 g/mol. The Balaban J connectivity index is 1.45. The lowest BCUT2D eigenvalue weighted by Gasteiger charge is -2.37. The second-order valence-electron chi connectivity index (χ2n) is 6.22. The zero-order chi connectivity index (χ0) is 20.6. The monoisotopic (exact) mass is 429 g/mol. The second-order valence-corrected chi connectivity index (χ2v) is 8.13. The molecule has 154 valence electrons. The highest BCUT2D eigenvalue weighted by Gasteiger charge is 2.41. The third kappa shape index (κ3) is 4.07. The van der Waals surface area contributed by atoms with Gasteiger partial charge in [0.1, 0.15) is 22.9 Å². The van der Waals surface area contributed by atoms with Crippen molar-refractivity contribution in [3.8, 4) is 5.75 Å². The molecule has 1 aromatic carbocycles. The van der Waals surface area contributed by atoms with Gasteiger partial charge in [0.05, 0.1) is 24.6 Å². The number of alkyl halides is 3. The average Bonchev–Trinajstić information content (AvgIpc) is 3.25. The van der Waals surface area contributed by atoms with Crippen LogP contribution in [0.1, 0.15) is 11.7 Å². The summed E-state index contributed by atoms with van der Waals surface area (Å²) in [5, 5.41) is 15.9. The summed E-state index contributed by atoms with van der Waals surface area (Å²) in [7, 11) is -4.16. The van der Waals surface area contributed by atoms with Gasteiger partial charge in [0.15, 0.2) is 0 Å². The first-order valence-corrected chi connectivity index (χ1v) is 9.76. The van der Waals surface area contributed by atoms with Gasteiger partial charge in [0.25, 0.3) is 0 Å². The van der Waals surface area contributed by atoms with E-state index in [0.717, 1.165) is 16.4 Å². The second kappa shape index (κ2) is 7.11. The molecule has 3 heterocycles. The summed E-state index contributed by atoms with van der Waals surface area (Å²) in [5.41, 5.74) is 0.589. The van der Waals surface area contributed by atoms with E-state index >= 15 is 0 Å². The van der Waals surface area contributed by atoms with E-state index in [0.29, 0.717) is 12.2 Å². The topological polar surface area (TPSA) is 108 Å². The van der Waals surface area contributed by atoms with Crippen molar-refractivity contribution in [3.05, 3.63) is 48.5 Å². The molecule has 0 amide bonds. The Kier molecular flexibility index (Phi) is 4.74. The lowest BCUT2D eigenvalue weighted by atomic mass is 10.2. The molecule has 1 fully saturated rings. The van der Waals surface area contributed by atoms with Gasteiger partial charge in [0.2, 0.25) is 10.0 Å². The minimum Gasteiger partial charge on any atom is -0.404 e. The van der Waals surface area contributed by atoms with Crippen LogP contribution in [-0.2, 0) is 16.6 Å². The van der Waals surface area contributed by atoms with Gasteiger partial charge < -0.3 is 4.74 Å². The SMILES string of the molecule is O=S(=O)(c1ccccc1OC(F)(F)F)N1CC(n2cc(Cn3nccn3)nn2)C1. The maximum atomic E-state index is 12.7. The summed E-state index contributed by atoms with van der Waals surface area (Å²) in [4.78, 5) is 0.878. The van der Waals surface area contributed by atoms with Crippen LogP contribution in [0.25, 0.3) is 0 Å². The Hall–Kier alpha value is -3.00. The lowest BCUT2D eigenvalue weighted by molar-refractivity contribution is -0.275. The molecule has 14 heteroatoms. The van der Waals surface area contributed by atoms with Crippen LogP contribution in [0.3, 0.4) is 0 Å². The minimum absolute atomic E-state index is 0.0471. The van der Waals surface area contributed by atoms with Crippen molar-refractivity contribution in [2.45, 2.75) is 23.8 Å². The van der Waals surface area contributed by atoms with Crippen LogP contribution in [0.2, 0.25) is 0 Å². The Morgan fingerprint density at radius 3 is 2.52 bits per heavy atom. The molecule has 29 heavy (non-hydrogen) atoms. The molecule has 0 radical (unpaired) electrons. The molecule has 1 aliphatic rings. The lowest BCUT2D eigenvalue weighted by Crippen LogP contribution is -2.50. The van der Waals surface area contributed by atoms with Gasteiger partial charge in [-0.15, -0.1) is 18.3 Å². The third-order valence-corrected chi connectivity index (χ3v) is 6.09. The molecule has 2 aromatic heterocycles. The smallest absolute Gasteiger partial charge is 0.404 e. The predicted molar refractivity (Wildman–Crippen MR) is 90.1 cm³/mol. The van der Waals surface area contributed by atoms with Crippen molar-refractivity contribution >= 4 is 10.0 Å². The largest absolute Gasteiger partial charge is 0.573 e. The number of aromatic nitrogens is 6. The van der Waals surface area contributed by atoms with Crippen LogP contribution in [0.4, 0.5) is 13.2 Å². The fourth-order valence-corrected chi connectivity index (χ4v) is 4.46. The maximum absolute atomic E-state index is 12.7. The molecule has 1 saturated heterocycles. The first kappa shape index (κ1) is 19.3.